The van der Waals surface area contributed by atoms with E-state index < -0.39 is 24.1 Å². The molecule has 1 aromatic rings. The summed E-state index contributed by atoms with van der Waals surface area (Å²) in [4.78, 5) is 11.3. The summed E-state index contributed by atoms with van der Waals surface area (Å²) in [6.07, 6.45) is -2.73. The first-order valence-corrected chi connectivity index (χ1v) is 4.31. The van der Waals surface area contributed by atoms with Gasteiger partial charge in [-0.1, -0.05) is 6.07 Å². The van der Waals surface area contributed by atoms with E-state index in [9.17, 15) is 18.0 Å². The van der Waals surface area contributed by atoms with Crippen molar-refractivity contribution in [1.29, 1.82) is 0 Å². The van der Waals surface area contributed by atoms with Crippen molar-refractivity contribution < 1.29 is 18.0 Å². The zero-order valence-electron chi connectivity index (χ0n) is 8.01. The highest BCUT2D eigenvalue weighted by Gasteiger charge is 2.18. The zero-order valence-corrected chi connectivity index (χ0v) is 8.01. The molecule has 1 unspecified atom stereocenters. The lowest BCUT2D eigenvalue weighted by molar-refractivity contribution is 0.0963. The van der Waals surface area contributed by atoms with Crippen LogP contribution < -0.4 is 5.73 Å². The van der Waals surface area contributed by atoms with Gasteiger partial charge in [0, 0.05) is 5.56 Å². The fourth-order valence-electron chi connectivity index (χ4n) is 1.11. The van der Waals surface area contributed by atoms with E-state index in [1.54, 1.807) is 0 Å². The number of ketones is 1. The molecule has 5 heteroatoms. The van der Waals surface area contributed by atoms with Crippen LogP contribution in [0.4, 0.5) is 13.2 Å². The van der Waals surface area contributed by atoms with E-state index in [4.69, 9.17) is 5.73 Å². The van der Waals surface area contributed by atoms with Crippen LogP contribution in [0, 0.1) is 5.82 Å². The Hall–Kier alpha value is -1.36. The SMILES string of the molecule is CC(N)C(=O)c1cc(C(F)F)ccc1F. The normalized spacial score (nSPS) is 12.9. The lowest BCUT2D eigenvalue weighted by Gasteiger charge is -2.07. The lowest BCUT2D eigenvalue weighted by atomic mass is 10.0. The van der Waals surface area contributed by atoms with Gasteiger partial charge in [0.15, 0.2) is 5.78 Å². The topological polar surface area (TPSA) is 43.1 Å². The van der Waals surface area contributed by atoms with Crippen molar-refractivity contribution in [3.8, 4) is 0 Å². The number of carbonyl (C=O) groups excluding carboxylic acids is 1. The van der Waals surface area contributed by atoms with Crippen molar-refractivity contribution in [1.82, 2.24) is 0 Å². The molecule has 0 saturated carbocycles. The van der Waals surface area contributed by atoms with Crippen LogP contribution in [0.5, 0.6) is 0 Å². The van der Waals surface area contributed by atoms with Crippen LogP contribution in [-0.2, 0) is 0 Å². The average molecular weight is 217 g/mol. The van der Waals surface area contributed by atoms with Gasteiger partial charge in [-0.2, -0.15) is 0 Å². The lowest BCUT2D eigenvalue weighted by Crippen LogP contribution is -2.27. The van der Waals surface area contributed by atoms with Gasteiger partial charge in [-0.25, -0.2) is 13.2 Å². The predicted octanol–water partition coefficient (Wildman–Crippen LogP) is 2.29. The Labute approximate surface area is 84.9 Å². The van der Waals surface area contributed by atoms with Gasteiger partial charge in [-0.15, -0.1) is 0 Å². The third-order valence-electron chi connectivity index (χ3n) is 1.92. The number of alkyl halides is 2. The van der Waals surface area contributed by atoms with E-state index in [0.29, 0.717) is 0 Å². The van der Waals surface area contributed by atoms with Crippen molar-refractivity contribution in [3.63, 3.8) is 0 Å². The summed E-state index contributed by atoms with van der Waals surface area (Å²) in [7, 11) is 0. The minimum atomic E-state index is -2.73. The second-order valence-electron chi connectivity index (χ2n) is 3.19. The van der Waals surface area contributed by atoms with Crippen LogP contribution >= 0.6 is 0 Å². The molecule has 82 valence electrons. The number of Topliss-reactive ketones (excluding diaryl/α,β-unsaturated/α-hetero) is 1. The molecule has 15 heavy (non-hydrogen) atoms. The molecule has 0 aliphatic carbocycles. The Morgan fingerprint density at radius 3 is 2.47 bits per heavy atom. The molecule has 2 nitrogen and oxygen atoms in total. The second kappa shape index (κ2) is 4.44. The van der Waals surface area contributed by atoms with Gasteiger partial charge in [0.1, 0.15) is 5.82 Å². The highest BCUT2D eigenvalue weighted by Crippen LogP contribution is 2.21. The Balaban J connectivity index is 3.16. The minimum Gasteiger partial charge on any atom is -0.321 e. The van der Waals surface area contributed by atoms with Crippen molar-refractivity contribution in [2.45, 2.75) is 19.4 Å². The first kappa shape index (κ1) is 11.7. The molecule has 0 heterocycles. The summed E-state index contributed by atoms with van der Waals surface area (Å²) in [5.41, 5.74) is 4.48. The van der Waals surface area contributed by atoms with Gasteiger partial charge in [-0.3, -0.25) is 4.79 Å². The van der Waals surface area contributed by atoms with E-state index in [1.165, 1.54) is 6.92 Å². The fraction of sp³-hybridized carbons (Fsp3) is 0.300. The number of carbonyl (C=O) groups is 1. The molecule has 0 aliphatic rings. The molecule has 2 N–H and O–H groups in total. The monoisotopic (exact) mass is 217 g/mol. The number of hydrogen-bond donors (Lipinski definition) is 1. The molecular formula is C10H10F3NO. The van der Waals surface area contributed by atoms with Crippen LogP contribution in [-0.4, -0.2) is 11.8 Å². The van der Waals surface area contributed by atoms with Crippen molar-refractivity contribution >= 4 is 5.78 Å². The maximum absolute atomic E-state index is 13.1. The molecule has 0 aromatic heterocycles. The fourth-order valence-corrected chi connectivity index (χ4v) is 1.11. The van der Waals surface area contributed by atoms with E-state index in [2.05, 4.69) is 0 Å². The zero-order chi connectivity index (χ0) is 11.6. The molecule has 1 rings (SSSR count). The van der Waals surface area contributed by atoms with Gasteiger partial charge in [0.05, 0.1) is 11.6 Å². The maximum atomic E-state index is 13.1. The summed E-state index contributed by atoms with van der Waals surface area (Å²) >= 11 is 0. The van der Waals surface area contributed by atoms with Crippen LogP contribution in [0.15, 0.2) is 18.2 Å². The third-order valence-corrected chi connectivity index (χ3v) is 1.92. The quantitative estimate of drug-likeness (QED) is 0.789. The first-order chi connectivity index (χ1) is 6.93. The summed E-state index contributed by atoms with van der Waals surface area (Å²) in [5.74, 6) is -1.52. The summed E-state index contributed by atoms with van der Waals surface area (Å²) in [6.45, 7) is 1.37. The molecular weight excluding hydrogens is 207 g/mol. The Kier molecular flexibility index (Phi) is 3.47. The molecule has 0 aliphatic heterocycles. The molecule has 0 amide bonds. The highest BCUT2D eigenvalue weighted by atomic mass is 19.3. The highest BCUT2D eigenvalue weighted by molar-refractivity contribution is 6.00. The first-order valence-electron chi connectivity index (χ1n) is 4.31. The number of nitrogens with two attached hydrogens (primary N) is 1. The smallest absolute Gasteiger partial charge is 0.263 e. The van der Waals surface area contributed by atoms with Crippen molar-refractivity contribution in [3.05, 3.63) is 35.1 Å². The van der Waals surface area contributed by atoms with Crippen molar-refractivity contribution in [2.75, 3.05) is 0 Å². The molecule has 1 aromatic carbocycles. The average Bonchev–Trinajstić information content (AvgIpc) is 2.16. The molecule has 0 fully saturated rings. The Morgan fingerprint density at radius 1 is 1.40 bits per heavy atom. The number of halogens is 3. The van der Waals surface area contributed by atoms with Crippen LogP contribution in [0.2, 0.25) is 0 Å². The second-order valence-corrected chi connectivity index (χ2v) is 3.19. The molecule has 0 bridgehead atoms. The minimum absolute atomic E-state index is 0.386. The molecule has 1 atom stereocenters. The van der Waals surface area contributed by atoms with Gasteiger partial charge in [0.25, 0.3) is 6.43 Å². The molecule has 0 saturated heterocycles. The molecule has 0 spiro atoms. The van der Waals surface area contributed by atoms with Gasteiger partial charge < -0.3 is 5.73 Å². The number of hydrogen-bond acceptors (Lipinski definition) is 2. The van der Waals surface area contributed by atoms with Crippen LogP contribution in [0.3, 0.4) is 0 Å². The Bertz CT molecular complexity index is 377. The summed E-state index contributed by atoms with van der Waals surface area (Å²) < 4.78 is 37.7. The summed E-state index contributed by atoms with van der Waals surface area (Å²) in [6, 6.07) is 1.72. The van der Waals surface area contributed by atoms with E-state index in [-0.39, 0.29) is 11.1 Å². The molecule has 0 radical (unpaired) electrons. The van der Waals surface area contributed by atoms with Crippen LogP contribution in [0.1, 0.15) is 29.3 Å². The van der Waals surface area contributed by atoms with Gasteiger partial charge >= 0.3 is 0 Å². The largest absolute Gasteiger partial charge is 0.321 e. The van der Waals surface area contributed by atoms with E-state index >= 15 is 0 Å². The number of rotatable bonds is 3. The summed E-state index contributed by atoms with van der Waals surface area (Å²) in [5, 5.41) is 0. The van der Waals surface area contributed by atoms with Gasteiger partial charge in [-0.05, 0) is 19.1 Å². The van der Waals surface area contributed by atoms with Gasteiger partial charge in [0.2, 0.25) is 0 Å². The van der Waals surface area contributed by atoms with Crippen LogP contribution in [0.25, 0.3) is 0 Å². The number of benzene rings is 1. The standard InChI is InChI=1S/C10H10F3NO/c1-5(14)9(15)7-4-6(10(12)13)2-3-8(7)11/h2-5,10H,14H2,1H3. The van der Waals surface area contributed by atoms with E-state index in [1.807, 2.05) is 0 Å². The van der Waals surface area contributed by atoms with E-state index in [0.717, 1.165) is 18.2 Å². The Morgan fingerprint density at radius 2 is 2.00 bits per heavy atom. The third kappa shape index (κ3) is 2.56. The maximum Gasteiger partial charge on any atom is 0.263 e. The predicted molar refractivity (Wildman–Crippen MR) is 49.3 cm³/mol. The van der Waals surface area contributed by atoms with Crippen molar-refractivity contribution in [2.24, 2.45) is 5.73 Å².